The number of piperidine rings is 1. The van der Waals surface area contributed by atoms with Gasteiger partial charge >= 0.3 is 0 Å². The van der Waals surface area contributed by atoms with Gasteiger partial charge in [-0.1, -0.05) is 0 Å². The van der Waals surface area contributed by atoms with E-state index in [0.717, 1.165) is 45.2 Å². The molecule has 0 aromatic carbocycles. The van der Waals surface area contributed by atoms with E-state index in [1.165, 1.54) is 0 Å². The first kappa shape index (κ1) is 10.9. The third-order valence-corrected chi connectivity index (χ3v) is 4.08. The van der Waals surface area contributed by atoms with E-state index < -0.39 is 0 Å². The van der Waals surface area contributed by atoms with Gasteiger partial charge in [-0.25, -0.2) is 0 Å². The van der Waals surface area contributed by atoms with Crippen molar-refractivity contribution in [2.45, 2.75) is 51.2 Å². The van der Waals surface area contributed by atoms with E-state index in [0.29, 0.717) is 6.04 Å². The number of aliphatic hydroxyl groups excluding tert-OH is 1. The maximum absolute atomic E-state index is 9.82. The van der Waals surface area contributed by atoms with Crippen LogP contribution in [0.2, 0.25) is 0 Å². The van der Waals surface area contributed by atoms with E-state index in [1.807, 2.05) is 0 Å². The van der Waals surface area contributed by atoms with Gasteiger partial charge in [-0.15, -0.1) is 0 Å². The van der Waals surface area contributed by atoms with Crippen LogP contribution in [0.15, 0.2) is 0 Å². The van der Waals surface area contributed by atoms with Crippen molar-refractivity contribution in [1.82, 2.24) is 4.90 Å². The molecule has 1 saturated heterocycles. The number of hydrogen-bond donors (Lipinski definition) is 1. The summed E-state index contributed by atoms with van der Waals surface area (Å²) in [6, 6.07) is 2.78. The van der Waals surface area contributed by atoms with E-state index >= 15 is 0 Å². The Hall–Kier alpha value is -0.590. The second-order valence-corrected chi connectivity index (χ2v) is 5.27. The molecule has 1 aliphatic heterocycles. The molecule has 2 aliphatic rings. The summed E-state index contributed by atoms with van der Waals surface area (Å²) >= 11 is 0. The zero-order valence-electron chi connectivity index (χ0n) is 9.45. The second kappa shape index (κ2) is 4.11. The maximum atomic E-state index is 9.82. The van der Waals surface area contributed by atoms with Crippen LogP contribution < -0.4 is 0 Å². The summed E-state index contributed by atoms with van der Waals surface area (Å²) in [7, 11) is 0. The largest absolute Gasteiger partial charge is 0.391 e. The highest BCUT2D eigenvalue weighted by molar-refractivity contribution is 5.00. The lowest BCUT2D eigenvalue weighted by Crippen LogP contribution is -2.47. The van der Waals surface area contributed by atoms with Gasteiger partial charge in [-0.2, -0.15) is 5.26 Å². The Morgan fingerprint density at radius 3 is 2.47 bits per heavy atom. The van der Waals surface area contributed by atoms with Crippen LogP contribution >= 0.6 is 0 Å². The third kappa shape index (κ3) is 2.16. The Balaban J connectivity index is 1.91. The highest BCUT2D eigenvalue weighted by Crippen LogP contribution is 2.33. The molecular weight excluding hydrogens is 188 g/mol. The quantitative estimate of drug-likeness (QED) is 0.711. The minimum Gasteiger partial charge on any atom is -0.391 e. The van der Waals surface area contributed by atoms with Gasteiger partial charge in [0, 0.05) is 19.1 Å². The fraction of sp³-hybridized carbons (Fsp3) is 0.917. The first-order chi connectivity index (χ1) is 7.14. The Bertz CT molecular complexity index is 263. The van der Waals surface area contributed by atoms with Gasteiger partial charge in [0.15, 0.2) is 0 Å². The number of nitrogens with zero attached hydrogens (tertiary/aromatic N) is 2. The summed E-state index contributed by atoms with van der Waals surface area (Å²) in [6.07, 6.45) is 5.01. The minimum atomic E-state index is -0.128. The summed E-state index contributed by atoms with van der Waals surface area (Å²) in [5, 5.41) is 18.9. The molecule has 1 saturated carbocycles. The topological polar surface area (TPSA) is 47.3 Å². The Kier molecular flexibility index (Phi) is 2.99. The third-order valence-electron chi connectivity index (χ3n) is 4.08. The maximum Gasteiger partial charge on any atom is 0.0695 e. The number of hydrogen-bond acceptors (Lipinski definition) is 3. The van der Waals surface area contributed by atoms with Crippen molar-refractivity contribution in [2.75, 3.05) is 13.1 Å². The molecule has 0 radical (unpaired) electrons. The van der Waals surface area contributed by atoms with E-state index in [-0.39, 0.29) is 11.5 Å². The number of aliphatic hydroxyl groups is 1. The van der Waals surface area contributed by atoms with E-state index in [4.69, 9.17) is 5.26 Å². The lowest BCUT2D eigenvalue weighted by Gasteiger charge is -2.39. The Labute approximate surface area is 91.7 Å². The minimum absolute atomic E-state index is 0.125. The lowest BCUT2D eigenvalue weighted by atomic mass is 9.81. The highest BCUT2D eigenvalue weighted by atomic mass is 16.3. The molecule has 2 atom stereocenters. The average molecular weight is 208 g/mol. The molecule has 0 bridgehead atoms. The molecule has 3 heteroatoms. The van der Waals surface area contributed by atoms with Crippen LogP contribution in [0.5, 0.6) is 0 Å². The molecule has 1 N–H and O–H groups in total. The smallest absolute Gasteiger partial charge is 0.0695 e. The standard InChI is InChI=1S/C12H20N2O/c1-12(9-13)5-7-14(8-6-12)10-3-2-4-11(10)15/h10-11,15H,2-8H2,1H3. The van der Waals surface area contributed by atoms with Crippen LogP contribution in [-0.2, 0) is 0 Å². The monoisotopic (exact) mass is 208 g/mol. The van der Waals surface area contributed by atoms with Crippen molar-refractivity contribution in [1.29, 1.82) is 5.26 Å². The molecule has 84 valence electrons. The normalized spacial score (nSPS) is 36.3. The molecule has 2 fully saturated rings. The molecule has 3 nitrogen and oxygen atoms in total. The van der Waals surface area contributed by atoms with Crippen molar-refractivity contribution in [2.24, 2.45) is 5.41 Å². The summed E-state index contributed by atoms with van der Waals surface area (Å²) in [4.78, 5) is 2.39. The number of nitriles is 1. The van der Waals surface area contributed by atoms with Crippen LogP contribution in [-0.4, -0.2) is 35.2 Å². The zero-order valence-corrected chi connectivity index (χ0v) is 9.45. The summed E-state index contributed by atoms with van der Waals surface area (Å²) in [5.74, 6) is 0. The molecule has 1 aliphatic carbocycles. The Morgan fingerprint density at radius 2 is 2.00 bits per heavy atom. The summed E-state index contributed by atoms with van der Waals surface area (Å²) < 4.78 is 0. The van der Waals surface area contributed by atoms with Gasteiger partial charge in [0.25, 0.3) is 0 Å². The lowest BCUT2D eigenvalue weighted by molar-refractivity contribution is 0.0402. The van der Waals surface area contributed by atoms with Crippen LogP contribution in [0.25, 0.3) is 0 Å². The van der Waals surface area contributed by atoms with Gasteiger partial charge in [-0.05, 0) is 39.0 Å². The fourth-order valence-electron chi connectivity index (χ4n) is 2.81. The summed E-state index contributed by atoms with van der Waals surface area (Å²) in [6.45, 7) is 4.01. The molecule has 2 unspecified atom stereocenters. The van der Waals surface area contributed by atoms with Crippen molar-refractivity contribution in [3.05, 3.63) is 0 Å². The van der Waals surface area contributed by atoms with Crippen molar-refractivity contribution in [3.8, 4) is 6.07 Å². The molecule has 1 heterocycles. The molecule has 15 heavy (non-hydrogen) atoms. The molecule has 0 aromatic heterocycles. The van der Waals surface area contributed by atoms with Crippen LogP contribution in [0.1, 0.15) is 39.0 Å². The van der Waals surface area contributed by atoms with E-state index in [1.54, 1.807) is 0 Å². The second-order valence-electron chi connectivity index (χ2n) is 5.27. The van der Waals surface area contributed by atoms with Gasteiger partial charge in [0.2, 0.25) is 0 Å². The van der Waals surface area contributed by atoms with Crippen molar-refractivity contribution < 1.29 is 5.11 Å². The Morgan fingerprint density at radius 1 is 1.33 bits per heavy atom. The predicted molar refractivity (Wildman–Crippen MR) is 58.2 cm³/mol. The molecule has 0 aromatic rings. The summed E-state index contributed by atoms with van der Waals surface area (Å²) in [5.41, 5.74) is -0.125. The van der Waals surface area contributed by atoms with Crippen LogP contribution in [0.4, 0.5) is 0 Å². The fourth-order valence-corrected chi connectivity index (χ4v) is 2.81. The number of rotatable bonds is 1. The van der Waals surface area contributed by atoms with Gasteiger partial charge in [0.1, 0.15) is 0 Å². The first-order valence-electron chi connectivity index (χ1n) is 5.98. The van der Waals surface area contributed by atoms with Crippen molar-refractivity contribution in [3.63, 3.8) is 0 Å². The predicted octanol–water partition coefficient (Wildman–Crippen LogP) is 1.53. The van der Waals surface area contributed by atoms with Crippen LogP contribution in [0, 0.1) is 16.7 Å². The molecule has 0 spiro atoms. The molecular formula is C12H20N2O. The molecule has 0 amide bonds. The van der Waals surface area contributed by atoms with Gasteiger partial charge < -0.3 is 5.11 Å². The van der Waals surface area contributed by atoms with E-state index in [9.17, 15) is 5.11 Å². The zero-order chi connectivity index (χ0) is 10.9. The van der Waals surface area contributed by atoms with Gasteiger partial charge in [-0.3, -0.25) is 4.90 Å². The number of likely N-dealkylation sites (tertiary alicyclic amines) is 1. The first-order valence-corrected chi connectivity index (χ1v) is 5.98. The highest BCUT2D eigenvalue weighted by Gasteiger charge is 2.36. The van der Waals surface area contributed by atoms with Gasteiger partial charge in [0.05, 0.1) is 17.6 Å². The SMILES string of the molecule is CC1(C#N)CCN(C2CCCC2O)CC1. The molecule has 2 rings (SSSR count). The average Bonchev–Trinajstić information content (AvgIpc) is 2.66. The van der Waals surface area contributed by atoms with Crippen LogP contribution in [0.3, 0.4) is 0 Å². The van der Waals surface area contributed by atoms with E-state index in [2.05, 4.69) is 17.9 Å². The van der Waals surface area contributed by atoms with Crippen molar-refractivity contribution >= 4 is 0 Å².